The molecule has 0 amide bonds. The predicted molar refractivity (Wildman–Crippen MR) is 142 cm³/mol. The lowest BCUT2D eigenvalue weighted by atomic mass is 9.98. The molecule has 4 rings (SSSR count). The van der Waals surface area contributed by atoms with Gasteiger partial charge in [-0.1, -0.05) is 36.5 Å². The molecule has 5 nitrogen and oxygen atoms in total. The minimum atomic E-state index is -4.56. The Morgan fingerprint density at radius 1 is 0.897 bits per heavy atom. The lowest BCUT2D eigenvalue weighted by Crippen LogP contribution is -2.15. The predicted octanol–water partition coefficient (Wildman–Crippen LogP) is 7.32. The van der Waals surface area contributed by atoms with Crippen LogP contribution in [-0.2, 0) is 23.8 Å². The first-order valence-corrected chi connectivity index (χ1v) is 12.2. The summed E-state index contributed by atoms with van der Waals surface area (Å²) in [5.74, 6) is 0.562. The summed E-state index contributed by atoms with van der Waals surface area (Å²) < 4.78 is 71.1. The van der Waals surface area contributed by atoms with Gasteiger partial charge in [0.15, 0.2) is 11.5 Å². The van der Waals surface area contributed by atoms with Crippen molar-refractivity contribution in [1.82, 2.24) is 4.98 Å². The molecule has 202 valence electrons. The number of hydrogen-bond acceptors (Lipinski definition) is 6. The second kappa shape index (κ2) is 11.8. The first kappa shape index (κ1) is 28.0. The van der Waals surface area contributed by atoms with Gasteiger partial charge in [0.25, 0.3) is 0 Å². The Hall–Kier alpha value is -4.05. The number of aromatic nitrogens is 1. The normalized spacial score (nSPS) is 11.3. The van der Waals surface area contributed by atoms with Crippen LogP contribution in [0.5, 0.6) is 23.0 Å². The van der Waals surface area contributed by atoms with Crippen molar-refractivity contribution in [2.24, 2.45) is 0 Å². The van der Waals surface area contributed by atoms with Crippen LogP contribution in [0.4, 0.5) is 17.6 Å². The highest BCUT2D eigenvalue weighted by molar-refractivity contribution is 7.80. The Kier molecular flexibility index (Phi) is 8.44. The maximum atomic E-state index is 14.9. The Balaban J connectivity index is 1.44. The van der Waals surface area contributed by atoms with Gasteiger partial charge >= 0.3 is 6.18 Å². The zero-order valence-corrected chi connectivity index (χ0v) is 21.8. The number of alkyl halides is 3. The van der Waals surface area contributed by atoms with Gasteiger partial charge in [-0.25, -0.2) is 4.39 Å². The van der Waals surface area contributed by atoms with E-state index in [-0.39, 0.29) is 34.6 Å². The molecule has 0 N–H and O–H groups in total. The molecule has 10 heteroatoms. The number of ketones is 1. The summed E-state index contributed by atoms with van der Waals surface area (Å²) in [6.07, 6.45) is -3.69. The summed E-state index contributed by atoms with van der Waals surface area (Å²) in [5, 5.41) is 0.631. The molecule has 3 aromatic carbocycles. The van der Waals surface area contributed by atoms with Gasteiger partial charge in [0.1, 0.15) is 23.1 Å². The molecule has 0 fully saturated rings. The fraction of sp³-hybridized carbons (Fsp3) is 0.207. The number of carbonyl (C=O) groups excluding carboxylic acids is 1. The Labute approximate surface area is 227 Å². The SMILES string of the molecule is COc1cc2nccc(Oc3ccc(CC(=S)CC(=O)Cc4ccccc4C(F)(F)F)c(F)c3)c2cc1OC. The number of rotatable bonds is 10. The topological polar surface area (TPSA) is 57.7 Å². The van der Waals surface area contributed by atoms with Crippen molar-refractivity contribution in [1.29, 1.82) is 0 Å². The molecule has 0 bridgehead atoms. The minimum absolute atomic E-state index is 0.0245. The second-order valence-corrected chi connectivity index (χ2v) is 9.23. The summed E-state index contributed by atoms with van der Waals surface area (Å²) in [6.45, 7) is 0. The van der Waals surface area contributed by atoms with Crippen LogP contribution in [0, 0.1) is 5.82 Å². The average Bonchev–Trinajstić information content (AvgIpc) is 2.89. The zero-order valence-electron chi connectivity index (χ0n) is 21.0. The van der Waals surface area contributed by atoms with Gasteiger partial charge < -0.3 is 14.2 Å². The van der Waals surface area contributed by atoms with Crippen molar-refractivity contribution in [2.45, 2.75) is 25.4 Å². The third kappa shape index (κ3) is 6.69. The van der Waals surface area contributed by atoms with E-state index >= 15 is 0 Å². The van der Waals surface area contributed by atoms with Gasteiger partial charge in [0.2, 0.25) is 0 Å². The van der Waals surface area contributed by atoms with E-state index in [0.717, 1.165) is 6.07 Å². The third-order valence-electron chi connectivity index (χ3n) is 5.95. The Morgan fingerprint density at radius 3 is 2.31 bits per heavy atom. The van der Waals surface area contributed by atoms with Crippen molar-refractivity contribution < 1.29 is 36.6 Å². The quantitative estimate of drug-likeness (QED) is 0.151. The van der Waals surface area contributed by atoms with Gasteiger partial charge in [-0.3, -0.25) is 9.78 Å². The molecule has 1 heterocycles. The number of carbonyl (C=O) groups is 1. The highest BCUT2D eigenvalue weighted by atomic mass is 32.1. The number of thiocarbonyl (C=S) groups is 1. The van der Waals surface area contributed by atoms with Gasteiger partial charge in [0, 0.05) is 47.8 Å². The van der Waals surface area contributed by atoms with Crippen LogP contribution >= 0.6 is 12.2 Å². The maximum absolute atomic E-state index is 14.9. The minimum Gasteiger partial charge on any atom is -0.493 e. The fourth-order valence-electron chi connectivity index (χ4n) is 4.12. The number of ether oxygens (including phenoxy) is 3. The molecule has 0 unspecified atom stereocenters. The van der Waals surface area contributed by atoms with E-state index in [2.05, 4.69) is 4.98 Å². The summed E-state index contributed by atoms with van der Waals surface area (Å²) in [4.78, 5) is 17.0. The lowest BCUT2D eigenvalue weighted by Gasteiger charge is -2.13. The molecule has 4 aromatic rings. The van der Waals surface area contributed by atoms with Crippen LogP contribution in [0.25, 0.3) is 10.9 Å². The third-order valence-corrected chi connectivity index (χ3v) is 6.24. The number of benzene rings is 3. The fourth-order valence-corrected chi connectivity index (χ4v) is 4.44. The summed E-state index contributed by atoms with van der Waals surface area (Å²) in [5.41, 5.74) is -0.146. The van der Waals surface area contributed by atoms with Crippen LogP contribution in [0.15, 0.2) is 66.9 Å². The molecule has 1 aromatic heterocycles. The molecular formula is C29H23F4NO4S. The van der Waals surface area contributed by atoms with Crippen LogP contribution in [0.3, 0.4) is 0 Å². The molecular weight excluding hydrogens is 534 g/mol. The van der Waals surface area contributed by atoms with E-state index in [9.17, 15) is 22.4 Å². The van der Waals surface area contributed by atoms with Gasteiger partial charge in [0.05, 0.1) is 25.3 Å². The number of Topliss-reactive ketones (excluding diaryl/α,β-unsaturated/α-hetero) is 1. The van der Waals surface area contributed by atoms with Crippen LogP contribution < -0.4 is 14.2 Å². The molecule has 0 aliphatic carbocycles. The van der Waals surface area contributed by atoms with E-state index in [0.29, 0.717) is 28.2 Å². The number of pyridine rings is 1. The largest absolute Gasteiger partial charge is 0.493 e. The van der Waals surface area contributed by atoms with Crippen LogP contribution in [0.1, 0.15) is 23.1 Å². The van der Waals surface area contributed by atoms with Gasteiger partial charge in [-0.2, -0.15) is 13.2 Å². The number of methoxy groups -OCH3 is 2. The second-order valence-electron chi connectivity index (χ2n) is 8.65. The Bertz CT molecular complexity index is 1540. The van der Waals surface area contributed by atoms with Crippen LogP contribution in [0.2, 0.25) is 0 Å². The van der Waals surface area contributed by atoms with E-state index < -0.39 is 29.8 Å². The molecule has 39 heavy (non-hydrogen) atoms. The van der Waals surface area contributed by atoms with Crippen molar-refractivity contribution in [2.75, 3.05) is 14.2 Å². The molecule has 0 spiro atoms. The van der Waals surface area contributed by atoms with E-state index in [1.165, 1.54) is 44.6 Å². The highest BCUT2D eigenvalue weighted by Crippen LogP contribution is 2.37. The monoisotopic (exact) mass is 557 g/mol. The first-order chi connectivity index (χ1) is 18.6. The molecule has 0 atom stereocenters. The number of halogens is 4. The number of nitrogens with zero attached hydrogens (tertiary/aromatic N) is 1. The summed E-state index contributed by atoms with van der Waals surface area (Å²) >= 11 is 5.26. The van der Waals surface area contributed by atoms with E-state index in [4.69, 9.17) is 26.4 Å². The van der Waals surface area contributed by atoms with E-state index in [1.807, 2.05) is 0 Å². The number of hydrogen-bond donors (Lipinski definition) is 0. The Morgan fingerprint density at radius 2 is 1.62 bits per heavy atom. The van der Waals surface area contributed by atoms with Crippen molar-refractivity contribution >= 4 is 33.8 Å². The van der Waals surface area contributed by atoms with Crippen molar-refractivity contribution in [3.05, 3.63) is 89.4 Å². The lowest BCUT2D eigenvalue weighted by molar-refractivity contribution is -0.138. The highest BCUT2D eigenvalue weighted by Gasteiger charge is 2.33. The van der Waals surface area contributed by atoms with Crippen molar-refractivity contribution in [3.63, 3.8) is 0 Å². The number of fused-ring (bicyclic) bond motifs is 1. The summed E-state index contributed by atoms with van der Waals surface area (Å²) in [6, 6.07) is 14.2. The summed E-state index contributed by atoms with van der Waals surface area (Å²) in [7, 11) is 3.02. The molecule has 0 radical (unpaired) electrons. The molecule has 0 aliphatic rings. The maximum Gasteiger partial charge on any atom is 0.416 e. The molecule has 0 saturated carbocycles. The zero-order chi connectivity index (χ0) is 28.2. The standard InChI is InChI=1S/C29H23F4NO4S/c1-36-27-15-22-25(16-28(27)37-2)34-10-9-26(22)38-20-8-7-18(24(30)14-20)12-21(39)13-19(35)11-17-5-3-4-6-23(17)29(31,32)33/h3-10,14-16H,11-13H2,1-2H3. The van der Waals surface area contributed by atoms with Gasteiger partial charge in [-0.15, -0.1) is 0 Å². The smallest absolute Gasteiger partial charge is 0.416 e. The van der Waals surface area contributed by atoms with Gasteiger partial charge in [-0.05, 0) is 35.4 Å². The average molecular weight is 558 g/mol. The molecule has 0 saturated heterocycles. The van der Waals surface area contributed by atoms with Crippen LogP contribution in [-0.4, -0.2) is 29.9 Å². The molecule has 0 aliphatic heterocycles. The van der Waals surface area contributed by atoms with E-state index in [1.54, 1.807) is 30.5 Å². The van der Waals surface area contributed by atoms with Crippen molar-refractivity contribution in [3.8, 4) is 23.0 Å². The first-order valence-electron chi connectivity index (χ1n) is 11.7.